The van der Waals surface area contributed by atoms with Gasteiger partial charge in [0, 0.05) is 25.7 Å². The van der Waals surface area contributed by atoms with Crippen LogP contribution in [0.5, 0.6) is 0 Å². The summed E-state index contributed by atoms with van der Waals surface area (Å²) in [6.45, 7) is 4.40. The van der Waals surface area contributed by atoms with Gasteiger partial charge in [-0.3, -0.25) is 14.2 Å². The molecule has 1 aromatic carbocycles. The van der Waals surface area contributed by atoms with Crippen LogP contribution < -0.4 is 11.0 Å². The van der Waals surface area contributed by atoms with Gasteiger partial charge >= 0.3 is 5.69 Å². The van der Waals surface area contributed by atoms with Gasteiger partial charge in [-0.05, 0) is 31.0 Å². The maximum Gasteiger partial charge on any atom is 0.346 e. The van der Waals surface area contributed by atoms with Crippen LogP contribution in [0, 0.1) is 5.82 Å². The van der Waals surface area contributed by atoms with Gasteiger partial charge in [-0.25, -0.2) is 13.9 Å². The van der Waals surface area contributed by atoms with Gasteiger partial charge in [0.25, 0.3) is 5.91 Å². The summed E-state index contributed by atoms with van der Waals surface area (Å²) in [5.41, 5.74) is 0.176. The van der Waals surface area contributed by atoms with Gasteiger partial charge in [0.1, 0.15) is 12.4 Å². The lowest BCUT2D eigenvalue weighted by Gasteiger charge is -2.26. The predicted octanol–water partition coefficient (Wildman–Crippen LogP) is 0.755. The van der Waals surface area contributed by atoms with E-state index >= 15 is 0 Å². The van der Waals surface area contributed by atoms with E-state index in [9.17, 15) is 18.8 Å². The molecule has 0 fully saturated rings. The van der Waals surface area contributed by atoms with Crippen LogP contribution in [0.25, 0.3) is 0 Å². The number of nitrogens with zero attached hydrogens (tertiary/aromatic N) is 4. The zero-order chi connectivity index (χ0) is 19.6. The minimum Gasteiger partial charge on any atom is -0.352 e. The lowest BCUT2D eigenvalue weighted by molar-refractivity contribution is -0.122. The minimum atomic E-state index is -0.483. The number of nitrogens with one attached hydrogen (secondary N) is 1. The molecule has 0 saturated carbocycles. The summed E-state index contributed by atoms with van der Waals surface area (Å²) in [5.74, 6) is -1.11. The standard InChI is InChI=1S/C18H22FN5O3/c1-3-12(2)20-15(25)11-24-18(27)23-8-7-22(17(26)16(23)21-24)10-13-5-4-6-14(19)9-13/h4-6,9,12H,3,7-8,10-11H2,1-2H3,(H,20,25)/t12-/m0/s1. The predicted molar refractivity (Wildman–Crippen MR) is 95.5 cm³/mol. The Morgan fingerprint density at radius 1 is 1.33 bits per heavy atom. The van der Waals surface area contributed by atoms with Crippen LogP contribution in [0.2, 0.25) is 0 Å². The second kappa shape index (κ2) is 7.73. The van der Waals surface area contributed by atoms with Crippen molar-refractivity contribution in [2.45, 2.75) is 45.9 Å². The first-order chi connectivity index (χ1) is 12.9. The summed E-state index contributed by atoms with van der Waals surface area (Å²) < 4.78 is 15.6. The molecular weight excluding hydrogens is 353 g/mol. The van der Waals surface area contributed by atoms with Gasteiger partial charge in [-0.2, -0.15) is 0 Å². The average Bonchev–Trinajstić information content (AvgIpc) is 2.94. The molecule has 0 unspecified atom stereocenters. The number of halogens is 1. The van der Waals surface area contributed by atoms with Crippen LogP contribution >= 0.6 is 0 Å². The van der Waals surface area contributed by atoms with Crippen molar-refractivity contribution in [3.05, 3.63) is 52.0 Å². The number of hydrogen-bond donors (Lipinski definition) is 1. The molecule has 3 rings (SSSR count). The SMILES string of the molecule is CC[C@H](C)NC(=O)Cn1nc2n(c1=O)CCN(Cc1cccc(F)c1)C2=O. The molecule has 0 spiro atoms. The highest BCUT2D eigenvalue weighted by Crippen LogP contribution is 2.13. The fourth-order valence-electron chi connectivity index (χ4n) is 2.93. The number of aromatic nitrogens is 3. The molecule has 27 heavy (non-hydrogen) atoms. The van der Waals surface area contributed by atoms with Crippen molar-refractivity contribution in [2.75, 3.05) is 6.54 Å². The number of amides is 2. The van der Waals surface area contributed by atoms with Crippen molar-refractivity contribution in [1.29, 1.82) is 0 Å². The van der Waals surface area contributed by atoms with Crippen molar-refractivity contribution < 1.29 is 14.0 Å². The fraction of sp³-hybridized carbons (Fsp3) is 0.444. The molecule has 0 bridgehead atoms. The summed E-state index contributed by atoms with van der Waals surface area (Å²) in [5, 5.41) is 6.82. The molecule has 0 saturated heterocycles. The van der Waals surface area contributed by atoms with Crippen molar-refractivity contribution in [3.8, 4) is 0 Å². The van der Waals surface area contributed by atoms with Crippen LogP contribution in [0.1, 0.15) is 36.5 Å². The Kier molecular flexibility index (Phi) is 5.38. The molecule has 0 radical (unpaired) electrons. The van der Waals surface area contributed by atoms with E-state index < -0.39 is 11.6 Å². The van der Waals surface area contributed by atoms with Crippen LogP contribution in [0.15, 0.2) is 29.1 Å². The topological polar surface area (TPSA) is 89.2 Å². The lowest BCUT2D eigenvalue weighted by Crippen LogP contribution is -2.42. The molecule has 1 aliphatic heterocycles. The van der Waals surface area contributed by atoms with Crippen molar-refractivity contribution >= 4 is 11.8 Å². The maximum atomic E-state index is 13.3. The van der Waals surface area contributed by atoms with Crippen molar-refractivity contribution in [3.63, 3.8) is 0 Å². The van der Waals surface area contributed by atoms with Crippen molar-refractivity contribution in [1.82, 2.24) is 24.6 Å². The lowest BCUT2D eigenvalue weighted by atomic mass is 10.2. The molecule has 9 heteroatoms. The summed E-state index contributed by atoms with van der Waals surface area (Å²) in [4.78, 5) is 38.6. The minimum absolute atomic E-state index is 0.000932. The highest BCUT2D eigenvalue weighted by atomic mass is 19.1. The maximum absolute atomic E-state index is 13.3. The number of rotatable bonds is 6. The van der Waals surface area contributed by atoms with Gasteiger partial charge in [0.15, 0.2) is 0 Å². The van der Waals surface area contributed by atoms with Crippen LogP contribution in [-0.2, 0) is 24.4 Å². The number of fused-ring (bicyclic) bond motifs is 1. The average molecular weight is 375 g/mol. The third kappa shape index (κ3) is 4.07. The van der Waals surface area contributed by atoms with Crippen LogP contribution in [-0.4, -0.2) is 43.6 Å². The molecule has 2 aromatic rings. The number of carbonyl (C=O) groups is 2. The summed E-state index contributed by atoms with van der Waals surface area (Å²) in [6, 6.07) is 6.02. The molecule has 1 aromatic heterocycles. The van der Waals surface area contributed by atoms with Gasteiger partial charge in [0.05, 0.1) is 0 Å². The molecule has 144 valence electrons. The zero-order valence-corrected chi connectivity index (χ0v) is 15.3. The van der Waals surface area contributed by atoms with E-state index in [-0.39, 0.29) is 43.2 Å². The van der Waals surface area contributed by atoms with Gasteiger partial charge in [-0.1, -0.05) is 19.1 Å². The molecular formula is C18H22FN5O3. The molecule has 2 heterocycles. The largest absolute Gasteiger partial charge is 0.352 e. The second-order valence-electron chi connectivity index (χ2n) is 6.65. The van der Waals surface area contributed by atoms with Gasteiger partial charge in [-0.15, -0.1) is 5.10 Å². The van der Waals surface area contributed by atoms with E-state index in [1.807, 2.05) is 13.8 Å². The third-order valence-electron chi connectivity index (χ3n) is 4.57. The molecule has 8 nitrogen and oxygen atoms in total. The second-order valence-corrected chi connectivity index (χ2v) is 6.65. The van der Waals surface area contributed by atoms with Gasteiger partial charge < -0.3 is 10.2 Å². The summed E-state index contributed by atoms with van der Waals surface area (Å²) >= 11 is 0. The Hall–Kier alpha value is -2.97. The van der Waals surface area contributed by atoms with E-state index in [1.165, 1.54) is 21.6 Å². The first kappa shape index (κ1) is 18.8. The third-order valence-corrected chi connectivity index (χ3v) is 4.57. The highest BCUT2D eigenvalue weighted by Gasteiger charge is 2.30. The number of carbonyl (C=O) groups excluding carboxylic acids is 2. The van der Waals surface area contributed by atoms with E-state index in [4.69, 9.17) is 0 Å². The molecule has 1 atom stereocenters. The Morgan fingerprint density at radius 2 is 2.11 bits per heavy atom. The highest BCUT2D eigenvalue weighted by molar-refractivity contribution is 5.91. The quantitative estimate of drug-likeness (QED) is 0.807. The first-order valence-electron chi connectivity index (χ1n) is 8.89. The normalized spacial score (nSPS) is 14.8. The van der Waals surface area contributed by atoms with Crippen LogP contribution in [0.3, 0.4) is 0 Å². The van der Waals surface area contributed by atoms with E-state index in [2.05, 4.69) is 10.4 Å². The number of benzene rings is 1. The van der Waals surface area contributed by atoms with E-state index in [0.29, 0.717) is 12.1 Å². The monoisotopic (exact) mass is 375 g/mol. The number of hydrogen-bond acceptors (Lipinski definition) is 4. The molecule has 0 aliphatic carbocycles. The van der Waals surface area contributed by atoms with Crippen LogP contribution in [0.4, 0.5) is 4.39 Å². The fourth-order valence-corrected chi connectivity index (χ4v) is 2.93. The smallest absolute Gasteiger partial charge is 0.346 e. The Bertz CT molecular complexity index is 920. The first-order valence-corrected chi connectivity index (χ1v) is 8.89. The van der Waals surface area contributed by atoms with E-state index in [1.54, 1.807) is 12.1 Å². The molecule has 1 N–H and O–H groups in total. The summed E-state index contributed by atoms with van der Waals surface area (Å²) in [6.07, 6.45) is 0.772. The Balaban J connectivity index is 1.76. The molecule has 2 amide bonds. The van der Waals surface area contributed by atoms with E-state index in [0.717, 1.165) is 11.1 Å². The summed E-state index contributed by atoms with van der Waals surface area (Å²) in [7, 11) is 0. The molecule has 1 aliphatic rings. The Labute approximate surface area is 155 Å². The Morgan fingerprint density at radius 3 is 2.81 bits per heavy atom. The zero-order valence-electron chi connectivity index (χ0n) is 15.3. The van der Waals surface area contributed by atoms with Gasteiger partial charge in [0.2, 0.25) is 11.7 Å². The van der Waals surface area contributed by atoms with Crippen molar-refractivity contribution in [2.24, 2.45) is 0 Å².